The maximum absolute atomic E-state index is 5.27. The van der Waals surface area contributed by atoms with Crippen LogP contribution in [0.3, 0.4) is 0 Å². The van der Waals surface area contributed by atoms with E-state index in [4.69, 9.17) is 4.74 Å². The minimum absolute atomic E-state index is 0.798. The monoisotopic (exact) mass is 179 g/mol. The lowest BCUT2D eigenvalue weighted by atomic mass is 10.4. The summed E-state index contributed by atoms with van der Waals surface area (Å²) in [7, 11) is 0. The van der Waals surface area contributed by atoms with Crippen molar-refractivity contribution in [2.45, 2.75) is 0 Å². The fourth-order valence-electron chi connectivity index (χ4n) is 1.35. The van der Waals surface area contributed by atoms with Gasteiger partial charge in [0.2, 0.25) is 0 Å². The zero-order valence-electron chi connectivity index (χ0n) is 7.44. The molecule has 0 atom stereocenters. The Morgan fingerprint density at radius 2 is 2.23 bits per heavy atom. The Labute approximate surface area is 77.6 Å². The van der Waals surface area contributed by atoms with Crippen LogP contribution in [0.5, 0.6) is 0 Å². The van der Waals surface area contributed by atoms with E-state index in [9.17, 15) is 0 Å². The Bertz CT molecular complexity index is 252. The van der Waals surface area contributed by atoms with Gasteiger partial charge < -0.3 is 15.0 Å². The van der Waals surface area contributed by atoms with Crippen molar-refractivity contribution < 1.29 is 4.74 Å². The van der Waals surface area contributed by atoms with Gasteiger partial charge in [-0.3, -0.25) is 4.99 Å². The molecule has 0 aromatic carbocycles. The van der Waals surface area contributed by atoms with Crippen molar-refractivity contribution in [1.82, 2.24) is 10.2 Å². The molecule has 0 aliphatic carbocycles. The Balaban J connectivity index is 2.01. The van der Waals surface area contributed by atoms with E-state index in [0.717, 1.165) is 32.1 Å². The molecule has 0 amide bonds. The minimum atomic E-state index is 0.798. The van der Waals surface area contributed by atoms with Crippen molar-refractivity contribution in [3.8, 4) is 0 Å². The van der Waals surface area contributed by atoms with Gasteiger partial charge in [-0.05, 0) is 6.08 Å². The molecule has 4 heteroatoms. The second-order valence-corrected chi connectivity index (χ2v) is 2.92. The first kappa shape index (κ1) is 8.31. The Morgan fingerprint density at radius 1 is 1.38 bits per heavy atom. The highest BCUT2D eigenvalue weighted by molar-refractivity contribution is 5.71. The number of allylic oxidation sites excluding steroid dienone is 1. The standard InChI is InChI=1S/C9H13N3O/c1-2-10-8-9(11-3-1)12-4-6-13-7-5-12/h1-3,8,11H,4-7H2. The van der Waals surface area contributed by atoms with Crippen LogP contribution in [-0.2, 0) is 4.74 Å². The van der Waals surface area contributed by atoms with Crippen LogP contribution in [0.25, 0.3) is 0 Å². The molecule has 0 radical (unpaired) electrons. The fourth-order valence-corrected chi connectivity index (χ4v) is 1.35. The highest BCUT2D eigenvalue weighted by Gasteiger charge is 2.12. The summed E-state index contributed by atoms with van der Waals surface area (Å²) < 4.78 is 5.27. The van der Waals surface area contributed by atoms with E-state index in [1.54, 1.807) is 6.21 Å². The lowest BCUT2D eigenvalue weighted by Crippen LogP contribution is -2.38. The molecular weight excluding hydrogens is 166 g/mol. The van der Waals surface area contributed by atoms with Crippen LogP contribution in [0.2, 0.25) is 0 Å². The second-order valence-electron chi connectivity index (χ2n) is 2.92. The average molecular weight is 179 g/mol. The van der Waals surface area contributed by atoms with Crippen LogP contribution < -0.4 is 5.32 Å². The number of rotatable bonds is 1. The molecule has 0 aromatic rings. The van der Waals surface area contributed by atoms with E-state index in [1.807, 2.05) is 18.5 Å². The van der Waals surface area contributed by atoms with Gasteiger partial charge in [0.25, 0.3) is 0 Å². The number of nitrogens with zero attached hydrogens (tertiary/aromatic N) is 2. The van der Waals surface area contributed by atoms with Crippen LogP contribution in [0.15, 0.2) is 29.3 Å². The van der Waals surface area contributed by atoms with E-state index in [2.05, 4.69) is 15.2 Å². The van der Waals surface area contributed by atoms with Crippen molar-refractivity contribution in [3.63, 3.8) is 0 Å². The highest BCUT2D eigenvalue weighted by atomic mass is 16.5. The summed E-state index contributed by atoms with van der Waals surface area (Å²) in [6.07, 6.45) is 7.37. The highest BCUT2D eigenvalue weighted by Crippen LogP contribution is 2.05. The van der Waals surface area contributed by atoms with Crippen LogP contribution in [0.1, 0.15) is 0 Å². The third-order valence-electron chi connectivity index (χ3n) is 2.05. The van der Waals surface area contributed by atoms with Gasteiger partial charge in [-0.25, -0.2) is 0 Å². The summed E-state index contributed by atoms with van der Waals surface area (Å²) >= 11 is 0. The number of hydrogen-bond acceptors (Lipinski definition) is 4. The van der Waals surface area contributed by atoms with E-state index in [1.165, 1.54) is 0 Å². The fraction of sp³-hybridized carbons (Fsp3) is 0.444. The van der Waals surface area contributed by atoms with Crippen LogP contribution in [-0.4, -0.2) is 37.4 Å². The van der Waals surface area contributed by atoms with Gasteiger partial charge in [0.05, 0.1) is 19.4 Å². The first-order chi connectivity index (χ1) is 6.47. The lowest BCUT2D eigenvalue weighted by molar-refractivity contribution is 0.0512. The average Bonchev–Trinajstić information content (AvgIpc) is 2.47. The molecule has 1 fully saturated rings. The molecule has 0 unspecified atom stereocenters. The molecule has 2 aliphatic heterocycles. The molecule has 0 aromatic heterocycles. The van der Waals surface area contributed by atoms with Crippen molar-refractivity contribution in [2.24, 2.45) is 4.99 Å². The molecule has 2 rings (SSSR count). The molecule has 1 N–H and O–H groups in total. The molecule has 0 spiro atoms. The Morgan fingerprint density at radius 3 is 3.08 bits per heavy atom. The minimum Gasteiger partial charge on any atom is -0.378 e. The summed E-state index contributed by atoms with van der Waals surface area (Å²) in [6, 6.07) is 0. The van der Waals surface area contributed by atoms with Crippen LogP contribution in [0.4, 0.5) is 0 Å². The molecule has 1 saturated heterocycles. The third-order valence-corrected chi connectivity index (χ3v) is 2.05. The van der Waals surface area contributed by atoms with Crippen LogP contribution >= 0.6 is 0 Å². The molecule has 70 valence electrons. The van der Waals surface area contributed by atoms with Crippen LogP contribution in [0, 0.1) is 0 Å². The quantitative estimate of drug-likeness (QED) is 0.629. The molecule has 0 bridgehead atoms. The zero-order chi connectivity index (χ0) is 8.93. The van der Waals surface area contributed by atoms with Crippen molar-refractivity contribution >= 4 is 6.21 Å². The first-order valence-corrected chi connectivity index (χ1v) is 4.44. The third kappa shape index (κ3) is 2.09. The predicted molar refractivity (Wildman–Crippen MR) is 51.2 cm³/mol. The van der Waals surface area contributed by atoms with Gasteiger partial charge in [0.1, 0.15) is 5.82 Å². The smallest absolute Gasteiger partial charge is 0.124 e. The van der Waals surface area contributed by atoms with E-state index in [0.29, 0.717) is 0 Å². The number of aliphatic imine (C=N–C) groups is 1. The topological polar surface area (TPSA) is 36.9 Å². The first-order valence-electron chi connectivity index (χ1n) is 4.44. The van der Waals surface area contributed by atoms with Crippen molar-refractivity contribution in [3.05, 3.63) is 24.3 Å². The van der Waals surface area contributed by atoms with Crippen molar-refractivity contribution in [2.75, 3.05) is 26.3 Å². The van der Waals surface area contributed by atoms with Gasteiger partial charge in [-0.1, -0.05) is 0 Å². The second kappa shape index (κ2) is 4.09. The summed E-state index contributed by atoms with van der Waals surface area (Å²) in [6.45, 7) is 3.46. The summed E-state index contributed by atoms with van der Waals surface area (Å²) in [5.41, 5.74) is 0. The molecular formula is C9H13N3O. The number of hydrogen-bond donors (Lipinski definition) is 1. The summed E-state index contributed by atoms with van der Waals surface area (Å²) in [4.78, 5) is 6.34. The Hall–Kier alpha value is -1.29. The summed E-state index contributed by atoms with van der Waals surface area (Å²) in [5.74, 6) is 1.05. The number of morpholine rings is 1. The SMILES string of the molecule is C1=CNC(N2CCOCC2)=CN=C1. The molecule has 2 aliphatic rings. The van der Waals surface area contributed by atoms with Crippen molar-refractivity contribution in [1.29, 1.82) is 0 Å². The van der Waals surface area contributed by atoms with Gasteiger partial charge in [0, 0.05) is 25.5 Å². The summed E-state index contributed by atoms with van der Waals surface area (Å²) in [5, 5.41) is 3.18. The van der Waals surface area contributed by atoms with Gasteiger partial charge in [0.15, 0.2) is 0 Å². The largest absolute Gasteiger partial charge is 0.378 e. The molecule has 13 heavy (non-hydrogen) atoms. The lowest BCUT2D eigenvalue weighted by Gasteiger charge is -2.30. The van der Waals surface area contributed by atoms with E-state index < -0.39 is 0 Å². The number of nitrogens with one attached hydrogen (secondary N) is 1. The Kier molecular flexibility index (Phi) is 2.62. The molecule has 0 saturated carbocycles. The van der Waals surface area contributed by atoms with Gasteiger partial charge in [-0.2, -0.15) is 0 Å². The molecule has 4 nitrogen and oxygen atoms in total. The maximum atomic E-state index is 5.27. The van der Waals surface area contributed by atoms with Gasteiger partial charge >= 0.3 is 0 Å². The zero-order valence-corrected chi connectivity index (χ0v) is 7.44. The number of ether oxygens (including phenoxy) is 1. The molecule has 2 heterocycles. The predicted octanol–water partition coefficient (Wildman–Crippen LogP) is 0.305. The van der Waals surface area contributed by atoms with E-state index >= 15 is 0 Å². The maximum Gasteiger partial charge on any atom is 0.124 e. The van der Waals surface area contributed by atoms with E-state index in [-0.39, 0.29) is 0 Å². The van der Waals surface area contributed by atoms with Gasteiger partial charge in [-0.15, -0.1) is 0 Å². The normalized spacial score (nSPS) is 22.2.